The van der Waals surface area contributed by atoms with Crippen LogP contribution in [0.1, 0.15) is 23.3 Å². The molecule has 0 saturated carbocycles. The van der Waals surface area contributed by atoms with Crippen molar-refractivity contribution in [1.82, 2.24) is 19.9 Å². The van der Waals surface area contributed by atoms with Crippen LogP contribution < -0.4 is 0 Å². The van der Waals surface area contributed by atoms with Gasteiger partial charge < -0.3 is 14.9 Å². The number of allylic oxidation sites excluding steroid dienone is 3. The van der Waals surface area contributed by atoms with Crippen LogP contribution in [-0.2, 0) is 0 Å². The maximum Gasteiger partial charge on any atom is 0.270 e. The largest absolute Gasteiger partial charge is 0.357 e. The summed E-state index contributed by atoms with van der Waals surface area (Å²) in [5, 5.41) is 1.36. The van der Waals surface area contributed by atoms with Crippen LogP contribution in [0.15, 0.2) is 58.5 Å². The molecule has 30 heavy (non-hydrogen) atoms. The fraction of sp³-hybridized carbons (Fsp3) is 0.227. The summed E-state index contributed by atoms with van der Waals surface area (Å²) in [7, 11) is 1.67. The van der Waals surface area contributed by atoms with E-state index in [2.05, 4.69) is 19.9 Å². The Morgan fingerprint density at radius 2 is 2.30 bits per heavy atom. The average molecular weight is 426 g/mol. The Balaban J connectivity index is 1.63. The first-order chi connectivity index (χ1) is 14.6. The molecule has 3 aromatic rings. The number of aliphatic imine (C=N–C) groups is 1. The molecule has 3 aromatic heterocycles. The van der Waals surface area contributed by atoms with Gasteiger partial charge >= 0.3 is 0 Å². The van der Waals surface area contributed by atoms with Crippen molar-refractivity contribution in [2.24, 2.45) is 4.99 Å². The monoisotopic (exact) mass is 425 g/mol. The Morgan fingerprint density at radius 1 is 1.43 bits per heavy atom. The molecule has 3 heterocycles. The summed E-state index contributed by atoms with van der Waals surface area (Å²) >= 11 is 6.13. The van der Waals surface area contributed by atoms with E-state index in [1.54, 1.807) is 42.7 Å². The highest BCUT2D eigenvalue weighted by Crippen LogP contribution is 2.30. The number of pyridine rings is 1. The van der Waals surface area contributed by atoms with Gasteiger partial charge in [0.05, 0.1) is 12.7 Å². The van der Waals surface area contributed by atoms with Gasteiger partial charge in [-0.1, -0.05) is 17.7 Å². The molecule has 0 radical (unpaired) electrons. The van der Waals surface area contributed by atoms with E-state index in [1.165, 1.54) is 6.20 Å². The van der Waals surface area contributed by atoms with Crippen LogP contribution in [0.5, 0.6) is 0 Å². The maximum atomic E-state index is 14.5. The van der Waals surface area contributed by atoms with Gasteiger partial charge in [-0.3, -0.25) is 9.79 Å². The van der Waals surface area contributed by atoms with Gasteiger partial charge in [0.15, 0.2) is 0 Å². The number of nitrogens with zero attached hydrogens (tertiary/aromatic N) is 3. The maximum absolute atomic E-state index is 14.5. The van der Waals surface area contributed by atoms with Crippen molar-refractivity contribution < 1.29 is 9.18 Å². The summed E-state index contributed by atoms with van der Waals surface area (Å²) in [5.41, 5.74) is 3.06. The molecule has 1 aliphatic carbocycles. The highest BCUT2D eigenvalue weighted by Gasteiger charge is 2.21. The van der Waals surface area contributed by atoms with Crippen molar-refractivity contribution >= 4 is 34.8 Å². The van der Waals surface area contributed by atoms with Crippen LogP contribution in [0.4, 0.5) is 4.39 Å². The molecule has 0 aromatic carbocycles. The number of rotatable bonds is 6. The van der Waals surface area contributed by atoms with E-state index in [4.69, 9.17) is 11.6 Å². The van der Waals surface area contributed by atoms with Crippen molar-refractivity contribution in [3.63, 3.8) is 0 Å². The third kappa shape index (κ3) is 4.07. The summed E-state index contributed by atoms with van der Waals surface area (Å²) in [5.74, 6) is -0.628. The number of carbonyl (C=O) groups is 1. The number of aromatic nitrogens is 3. The zero-order valence-corrected chi connectivity index (χ0v) is 17.2. The summed E-state index contributed by atoms with van der Waals surface area (Å²) in [4.78, 5) is 28.9. The number of amides is 1. The first-order valence-electron chi connectivity index (χ1n) is 9.62. The predicted molar refractivity (Wildman–Crippen MR) is 117 cm³/mol. The van der Waals surface area contributed by atoms with E-state index in [1.807, 2.05) is 12.2 Å². The normalized spacial score (nSPS) is 14.2. The summed E-state index contributed by atoms with van der Waals surface area (Å²) < 4.78 is 14.5. The summed E-state index contributed by atoms with van der Waals surface area (Å²) in [6.07, 6.45) is 11.8. The zero-order valence-electron chi connectivity index (χ0n) is 16.5. The molecule has 1 aliphatic rings. The van der Waals surface area contributed by atoms with Crippen molar-refractivity contribution in [1.29, 1.82) is 0 Å². The van der Waals surface area contributed by atoms with Gasteiger partial charge in [-0.05, 0) is 36.6 Å². The Labute approximate surface area is 178 Å². The molecule has 0 aliphatic heterocycles. The number of H-pyrrole nitrogens is 2. The van der Waals surface area contributed by atoms with E-state index in [9.17, 15) is 9.18 Å². The van der Waals surface area contributed by atoms with E-state index in [0.29, 0.717) is 46.0 Å². The molecule has 0 bridgehead atoms. The number of fused-ring (bicyclic) bond motifs is 1. The molecule has 0 unspecified atom stereocenters. The van der Waals surface area contributed by atoms with Gasteiger partial charge in [-0.2, -0.15) is 0 Å². The van der Waals surface area contributed by atoms with Crippen molar-refractivity contribution in [3.05, 3.63) is 65.0 Å². The van der Waals surface area contributed by atoms with Gasteiger partial charge in [0, 0.05) is 53.7 Å². The second-order valence-electron chi connectivity index (χ2n) is 7.08. The molecular formula is C22H21ClFN5O. The Bertz CT molecular complexity index is 1170. The lowest BCUT2D eigenvalue weighted by Crippen LogP contribution is -2.34. The standard InChI is InChI=1S/C22H21ClFN5O/c1-25-7-8-29(13-14-3-2-4-16(23)9-14)22(30)19-10-15(11-27-19)20-17-5-6-26-21(17)28-12-18(20)24/h4-7,9-12,27H,2-3,8,13H2,1H3,(H,26,28). The number of halogens is 2. The fourth-order valence-electron chi connectivity index (χ4n) is 3.60. The van der Waals surface area contributed by atoms with Crippen LogP contribution in [0.2, 0.25) is 0 Å². The molecule has 2 N–H and O–H groups in total. The number of aromatic amines is 2. The quantitative estimate of drug-likeness (QED) is 0.562. The zero-order chi connectivity index (χ0) is 21.1. The van der Waals surface area contributed by atoms with Crippen molar-refractivity contribution in [2.75, 3.05) is 20.1 Å². The number of nitrogens with one attached hydrogen (secondary N) is 2. The highest BCUT2D eigenvalue weighted by molar-refractivity contribution is 6.31. The minimum Gasteiger partial charge on any atom is -0.357 e. The minimum atomic E-state index is -0.441. The first-order valence-corrected chi connectivity index (χ1v) is 10.00. The molecule has 0 saturated heterocycles. The second kappa shape index (κ2) is 8.67. The molecule has 0 atom stereocenters. The average Bonchev–Trinajstić information content (AvgIpc) is 3.40. The van der Waals surface area contributed by atoms with E-state index in [-0.39, 0.29) is 5.91 Å². The van der Waals surface area contributed by atoms with Crippen LogP contribution in [0.25, 0.3) is 22.2 Å². The number of hydrogen-bond donors (Lipinski definition) is 2. The molecule has 0 fully saturated rings. The third-order valence-electron chi connectivity index (χ3n) is 5.06. The Kier molecular flexibility index (Phi) is 5.81. The molecule has 0 spiro atoms. The predicted octanol–water partition coefficient (Wildman–Crippen LogP) is 4.68. The first kappa shape index (κ1) is 20.1. The lowest BCUT2D eigenvalue weighted by Gasteiger charge is -2.23. The van der Waals surface area contributed by atoms with Crippen LogP contribution >= 0.6 is 11.6 Å². The number of hydrogen-bond acceptors (Lipinski definition) is 3. The minimum absolute atomic E-state index is 0.187. The van der Waals surface area contributed by atoms with Gasteiger partial charge in [-0.15, -0.1) is 0 Å². The van der Waals surface area contributed by atoms with E-state index in [0.717, 1.165) is 18.4 Å². The van der Waals surface area contributed by atoms with Crippen LogP contribution in [0, 0.1) is 5.82 Å². The van der Waals surface area contributed by atoms with E-state index < -0.39 is 5.82 Å². The fourth-order valence-corrected chi connectivity index (χ4v) is 3.86. The Morgan fingerprint density at radius 3 is 3.10 bits per heavy atom. The van der Waals surface area contributed by atoms with Crippen LogP contribution in [-0.4, -0.2) is 52.1 Å². The van der Waals surface area contributed by atoms with Crippen LogP contribution in [0.3, 0.4) is 0 Å². The lowest BCUT2D eigenvalue weighted by molar-refractivity contribution is 0.0787. The Hall–Kier alpha value is -3.19. The van der Waals surface area contributed by atoms with Crippen molar-refractivity contribution in [2.45, 2.75) is 12.8 Å². The molecule has 154 valence electrons. The second-order valence-corrected chi connectivity index (χ2v) is 7.52. The van der Waals surface area contributed by atoms with Gasteiger partial charge in [-0.25, -0.2) is 9.37 Å². The van der Waals surface area contributed by atoms with Gasteiger partial charge in [0.1, 0.15) is 17.2 Å². The van der Waals surface area contributed by atoms with E-state index >= 15 is 0 Å². The SMILES string of the molecule is CN=CCN(CC1=CC(Cl)=CCC1)C(=O)c1cc(-c2c(F)cnc3[nH]ccc23)c[nH]1. The molecule has 1 amide bonds. The lowest BCUT2D eigenvalue weighted by atomic mass is 10.0. The van der Waals surface area contributed by atoms with Gasteiger partial charge in [0.25, 0.3) is 5.91 Å². The number of carbonyl (C=O) groups excluding carboxylic acids is 1. The summed E-state index contributed by atoms with van der Waals surface area (Å²) in [6, 6.07) is 3.44. The molecule has 4 rings (SSSR count). The van der Waals surface area contributed by atoms with Crippen molar-refractivity contribution in [3.8, 4) is 11.1 Å². The third-order valence-corrected chi connectivity index (χ3v) is 5.32. The smallest absolute Gasteiger partial charge is 0.270 e. The van der Waals surface area contributed by atoms with Gasteiger partial charge in [0.2, 0.25) is 0 Å². The topological polar surface area (TPSA) is 77.1 Å². The molecular weight excluding hydrogens is 405 g/mol. The highest BCUT2D eigenvalue weighted by atomic mass is 35.5. The molecule has 8 heteroatoms. The molecule has 6 nitrogen and oxygen atoms in total. The summed E-state index contributed by atoms with van der Waals surface area (Å²) in [6.45, 7) is 0.822.